The molecule has 7 nitrogen and oxygen atoms in total. The number of carbonyl (C=O) groups excluding carboxylic acids is 2. The predicted octanol–water partition coefficient (Wildman–Crippen LogP) is 4.14. The maximum absolute atomic E-state index is 12.7. The SMILES string of the molecule is COc1cc(OC)cc(C(=O)Nc2ccc3c(c2)CCCN3C(=O)c2ccco2)c1. The van der Waals surface area contributed by atoms with E-state index < -0.39 is 0 Å². The average Bonchev–Trinajstić information content (AvgIpc) is 3.32. The van der Waals surface area contributed by atoms with Crippen molar-refractivity contribution in [2.45, 2.75) is 12.8 Å². The van der Waals surface area contributed by atoms with Gasteiger partial charge in [0.25, 0.3) is 11.8 Å². The van der Waals surface area contributed by atoms with Gasteiger partial charge in [-0.05, 0) is 60.9 Å². The van der Waals surface area contributed by atoms with Gasteiger partial charge < -0.3 is 24.1 Å². The van der Waals surface area contributed by atoms with Gasteiger partial charge in [0.15, 0.2) is 5.76 Å². The molecule has 0 unspecified atom stereocenters. The standard InChI is InChI=1S/C23H22N2O5/c1-28-18-12-16(13-19(14-18)29-2)22(26)24-17-7-8-20-15(11-17)5-3-9-25(20)23(27)21-6-4-10-30-21/h4,6-8,10-14H,3,5,9H2,1-2H3,(H,24,26). The molecule has 0 atom stereocenters. The van der Waals surface area contributed by atoms with Crippen molar-refractivity contribution in [1.29, 1.82) is 0 Å². The molecule has 154 valence electrons. The number of hydrogen-bond donors (Lipinski definition) is 1. The number of hydrogen-bond acceptors (Lipinski definition) is 5. The third kappa shape index (κ3) is 3.87. The largest absolute Gasteiger partial charge is 0.497 e. The first-order valence-corrected chi connectivity index (χ1v) is 9.62. The van der Waals surface area contributed by atoms with Gasteiger partial charge in [0.1, 0.15) is 11.5 Å². The van der Waals surface area contributed by atoms with Crippen molar-refractivity contribution in [2.24, 2.45) is 0 Å². The number of nitrogens with one attached hydrogen (secondary N) is 1. The van der Waals surface area contributed by atoms with Crippen LogP contribution in [0.25, 0.3) is 0 Å². The summed E-state index contributed by atoms with van der Waals surface area (Å²) in [5.41, 5.74) is 2.93. The molecule has 7 heteroatoms. The molecule has 0 saturated carbocycles. The molecule has 30 heavy (non-hydrogen) atoms. The number of benzene rings is 2. The molecule has 2 aromatic carbocycles. The van der Waals surface area contributed by atoms with Crippen molar-refractivity contribution in [3.05, 3.63) is 71.7 Å². The fraction of sp³-hybridized carbons (Fsp3) is 0.217. The molecule has 0 spiro atoms. The Morgan fingerprint density at radius 3 is 2.47 bits per heavy atom. The van der Waals surface area contributed by atoms with E-state index in [4.69, 9.17) is 13.9 Å². The number of anilines is 2. The van der Waals surface area contributed by atoms with Gasteiger partial charge >= 0.3 is 0 Å². The normalized spacial score (nSPS) is 12.8. The van der Waals surface area contributed by atoms with Crippen LogP contribution in [0.15, 0.2) is 59.2 Å². The average molecular weight is 406 g/mol. The third-order valence-electron chi connectivity index (χ3n) is 5.05. The second kappa shape index (κ2) is 8.32. The number of methoxy groups -OCH3 is 2. The van der Waals surface area contributed by atoms with Crippen LogP contribution in [0.4, 0.5) is 11.4 Å². The number of furan rings is 1. The van der Waals surface area contributed by atoms with Crippen LogP contribution >= 0.6 is 0 Å². The molecule has 1 aromatic heterocycles. The fourth-order valence-corrected chi connectivity index (χ4v) is 3.56. The summed E-state index contributed by atoms with van der Waals surface area (Å²) in [5.74, 6) is 0.953. The van der Waals surface area contributed by atoms with Gasteiger partial charge in [0, 0.05) is 29.5 Å². The summed E-state index contributed by atoms with van der Waals surface area (Å²) in [5, 5.41) is 2.91. The van der Waals surface area contributed by atoms with Crippen molar-refractivity contribution < 1.29 is 23.5 Å². The molecule has 1 aliphatic rings. The van der Waals surface area contributed by atoms with Crippen molar-refractivity contribution >= 4 is 23.2 Å². The summed E-state index contributed by atoms with van der Waals surface area (Å²) >= 11 is 0. The lowest BCUT2D eigenvalue weighted by Gasteiger charge is -2.29. The molecule has 3 aromatic rings. The molecule has 1 aliphatic heterocycles. The van der Waals surface area contributed by atoms with E-state index in [1.807, 2.05) is 12.1 Å². The van der Waals surface area contributed by atoms with Crippen LogP contribution < -0.4 is 19.7 Å². The molecule has 2 heterocycles. The molecule has 2 amide bonds. The first-order chi connectivity index (χ1) is 14.6. The Bertz CT molecular complexity index is 1050. The summed E-state index contributed by atoms with van der Waals surface area (Å²) in [4.78, 5) is 27.2. The number of carbonyl (C=O) groups is 2. The summed E-state index contributed by atoms with van der Waals surface area (Å²) < 4.78 is 15.7. The highest BCUT2D eigenvalue weighted by Crippen LogP contribution is 2.31. The summed E-state index contributed by atoms with van der Waals surface area (Å²) in [6.45, 7) is 0.627. The summed E-state index contributed by atoms with van der Waals surface area (Å²) in [6.07, 6.45) is 3.15. The Morgan fingerprint density at radius 1 is 1.03 bits per heavy atom. The van der Waals surface area contributed by atoms with E-state index in [2.05, 4.69) is 5.32 Å². The molecular weight excluding hydrogens is 384 g/mol. The quantitative estimate of drug-likeness (QED) is 0.689. The lowest BCUT2D eigenvalue weighted by Crippen LogP contribution is -2.35. The van der Waals surface area contributed by atoms with E-state index >= 15 is 0 Å². The van der Waals surface area contributed by atoms with Crippen molar-refractivity contribution in [1.82, 2.24) is 0 Å². The maximum atomic E-state index is 12.7. The van der Waals surface area contributed by atoms with E-state index in [1.165, 1.54) is 20.5 Å². The van der Waals surface area contributed by atoms with E-state index in [-0.39, 0.29) is 11.8 Å². The van der Waals surface area contributed by atoms with Gasteiger partial charge in [-0.25, -0.2) is 0 Å². The van der Waals surface area contributed by atoms with Crippen LogP contribution in [-0.2, 0) is 6.42 Å². The van der Waals surface area contributed by atoms with Crippen LogP contribution in [0.5, 0.6) is 11.5 Å². The number of fused-ring (bicyclic) bond motifs is 1. The van der Waals surface area contributed by atoms with Crippen LogP contribution in [0, 0.1) is 0 Å². The number of rotatable bonds is 5. The van der Waals surface area contributed by atoms with Crippen molar-refractivity contribution in [3.63, 3.8) is 0 Å². The second-order valence-corrected chi connectivity index (χ2v) is 6.94. The van der Waals surface area contributed by atoms with Gasteiger partial charge in [-0.2, -0.15) is 0 Å². The molecule has 0 fully saturated rings. The molecular formula is C23H22N2O5. The number of amides is 2. The van der Waals surface area contributed by atoms with Gasteiger partial charge in [-0.15, -0.1) is 0 Å². The summed E-state index contributed by atoms with van der Waals surface area (Å²) in [6, 6.07) is 13.9. The minimum atomic E-state index is -0.272. The molecule has 0 bridgehead atoms. The van der Waals surface area contributed by atoms with Crippen LogP contribution in [0.2, 0.25) is 0 Å². The highest BCUT2D eigenvalue weighted by molar-refractivity contribution is 6.06. The van der Waals surface area contributed by atoms with E-state index in [0.717, 1.165) is 24.1 Å². The van der Waals surface area contributed by atoms with Gasteiger partial charge in [-0.3, -0.25) is 9.59 Å². The van der Waals surface area contributed by atoms with Crippen LogP contribution in [0.1, 0.15) is 32.9 Å². The Kier molecular flexibility index (Phi) is 5.43. The van der Waals surface area contributed by atoms with Gasteiger partial charge in [0.05, 0.1) is 20.5 Å². The molecule has 0 aliphatic carbocycles. The highest BCUT2D eigenvalue weighted by atomic mass is 16.5. The zero-order valence-electron chi connectivity index (χ0n) is 16.8. The molecule has 0 saturated heterocycles. The Labute approximate surface area is 174 Å². The van der Waals surface area contributed by atoms with Gasteiger partial charge in [-0.1, -0.05) is 0 Å². The van der Waals surface area contributed by atoms with E-state index in [9.17, 15) is 9.59 Å². The Morgan fingerprint density at radius 2 is 1.80 bits per heavy atom. The first kappa shape index (κ1) is 19.6. The maximum Gasteiger partial charge on any atom is 0.293 e. The number of aryl methyl sites for hydroxylation is 1. The number of nitrogens with zero attached hydrogens (tertiary/aromatic N) is 1. The van der Waals surface area contributed by atoms with E-state index in [1.54, 1.807) is 41.3 Å². The molecule has 1 N–H and O–H groups in total. The Balaban J connectivity index is 1.56. The van der Waals surface area contributed by atoms with E-state index in [0.29, 0.717) is 35.1 Å². The number of ether oxygens (including phenoxy) is 2. The minimum absolute atomic E-state index is 0.166. The predicted molar refractivity (Wildman–Crippen MR) is 113 cm³/mol. The topological polar surface area (TPSA) is 81.0 Å². The van der Waals surface area contributed by atoms with Gasteiger partial charge in [0.2, 0.25) is 0 Å². The highest BCUT2D eigenvalue weighted by Gasteiger charge is 2.25. The first-order valence-electron chi connectivity index (χ1n) is 9.62. The van der Waals surface area contributed by atoms with Crippen LogP contribution in [0.3, 0.4) is 0 Å². The summed E-state index contributed by atoms with van der Waals surface area (Å²) in [7, 11) is 3.07. The lowest BCUT2D eigenvalue weighted by molar-refractivity contribution is 0.0957. The molecule has 0 radical (unpaired) electrons. The van der Waals surface area contributed by atoms with Crippen molar-refractivity contribution in [3.8, 4) is 11.5 Å². The third-order valence-corrected chi connectivity index (χ3v) is 5.05. The zero-order chi connectivity index (χ0) is 21.1. The monoisotopic (exact) mass is 406 g/mol. The van der Waals surface area contributed by atoms with Crippen molar-refractivity contribution in [2.75, 3.05) is 31.0 Å². The minimum Gasteiger partial charge on any atom is -0.497 e. The Hall–Kier alpha value is -3.74. The molecule has 4 rings (SSSR count). The van der Waals surface area contributed by atoms with Crippen LogP contribution in [-0.4, -0.2) is 32.6 Å². The zero-order valence-corrected chi connectivity index (χ0v) is 16.8. The smallest absolute Gasteiger partial charge is 0.293 e. The fourth-order valence-electron chi connectivity index (χ4n) is 3.56. The lowest BCUT2D eigenvalue weighted by atomic mass is 10.0. The second-order valence-electron chi connectivity index (χ2n) is 6.94.